The molecule has 0 heterocycles. The molecule has 1 nitrogen and oxygen atoms in total. The van der Waals surface area contributed by atoms with Gasteiger partial charge in [-0.25, -0.2) is 0 Å². The molecule has 2 heteroatoms. The Morgan fingerprint density at radius 1 is 1.04 bits per heavy atom. The van der Waals surface area contributed by atoms with Crippen LogP contribution < -0.4 is 0 Å². The lowest BCUT2D eigenvalue weighted by atomic mass is 9.45. The molecule has 0 aliphatic heterocycles. The predicted octanol–water partition coefficient (Wildman–Crippen LogP) is 7.34. The van der Waals surface area contributed by atoms with Crippen molar-refractivity contribution in [1.29, 1.82) is 0 Å². The van der Waals surface area contributed by atoms with Crippen LogP contribution in [0.25, 0.3) is 6.08 Å². The number of rotatable bonds is 1. The lowest BCUT2D eigenvalue weighted by Crippen LogP contribution is -2.52. The van der Waals surface area contributed by atoms with Gasteiger partial charge in [-0.2, -0.15) is 0 Å². The average molecular weight is 397 g/mol. The summed E-state index contributed by atoms with van der Waals surface area (Å²) in [5.74, 6) is 3.48. The Bertz CT molecular complexity index is 825. The minimum absolute atomic E-state index is 0.135. The van der Waals surface area contributed by atoms with Gasteiger partial charge in [-0.3, -0.25) is 4.79 Å². The van der Waals surface area contributed by atoms with Crippen LogP contribution in [0.5, 0.6) is 0 Å². The van der Waals surface area contributed by atoms with Crippen LogP contribution >= 0.6 is 11.6 Å². The zero-order valence-electron chi connectivity index (χ0n) is 17.3. The average Bonchev–Trinajstić information content (AvgIpc) is 2.92. The molecule has 0 unspecified atom stereocenters. The van der Waals surface area contributed by atoms with Crippen LogP contribution in [-0.2, 0) is 4.79 Å². The van der Waals surface area contributed by atoms with E-state index in [4.69, 9.17) is 11.6 Å². The molecule has 0 aromatic heterocycles. The van der Waals surface area contributed by atoms with Gasteiger partial charge < -0.3 is 0 Å². The molecule has 1 aromatic rings. The second-order valence-electron chi connectivity index (χ2n) is 10.6. The first-order chi connectivity index (χ1) is 13.4. The van der Waals surface area contributed by atoms with Gasteiger partial charge in [0.05, 0.1) is 0 Å². The highest BCUT2D eigenvalue weighted by Crippen LogP contribution is 2.66. The third-order valence-electron chi connectivity index (χ3n) is 9.41. The first-order valence-electron chi connectivity index (χ1n) is 11.4. The summed E-state index contributed by atoms with van der Waals surface area (Å²) in [6.07, 6.45) is 13.9. The highest BCUT2D eigenvalue weighted by molar-refractivity contribution is 6.30. The second-order valence-corrected chi connectivity index (χ2v) is 11.1. The molecule has 6 atom stereocenters. The fraction of sp³-hybridized carbons (Fsp3) is 0.654. The molecule has 150 valence electrons. The van der Waals surface area contributed by atoms with Crippen molar-refractivity contribution in [3.63, 3.8) is 0 Å². The molecule has 5 rings (SSSR count). The van der Waals surface area contributed by atoms with Crippen molar-refractivity contribution in [2.75, 3.05) is 0 Å². The van der Waals surface area contributed by atoms with Gasteiger partial charge in [0.1, 0.15) is 0 Å². The minimum atomic E-state index is -0.135. The van der Waals surface area contributed by atoms with Crippen LogP contribution in [0.2, 0.25) is 5.02 Å². The number of hydrogen-bond donors (Lipinski definition) is 0. The van der Waals surface area contributed by atoms with Gasteiger partial charge in [0.25, 0.3) is 0 Å². The maximum atomic E-state index is 13.5. The molecule has 0 saturated heterocycles. The fourth-order valence-electron chi connectivity index (χ4n) is 7.89. The van der Waals surface area contributed by atoms with E-state index in [1.165, 1.54) is 44.9 Å². The Labute approximate surface area is 174 Å². The van der Waals surface area contributed by atoms with Crippen molar-refractivity contribution in [1.82, 2.24) is 0 Å². The van der Waals surface area contributed by atoms with Crippen LogP contribution in [0.15, 0.2) is 29.8 Å². The smallest absolute Gasteiger partial charge is 0.165 e. The number of benzene rings is 1. The van der Waals surface area contributed by atoms with E-state index in [1.54, 1.807) is 0 Å². The minimum Gasteiger partial charge on any atom is -0.294 e. The van der Waals surface area contributed by atoms with Crippen LogP contribution in [0.1, 0.15) is 77.2 Å². The second kappa shape index (κ2) is 6.73. The topological polar surface area (TPSA) is 17.1 Å². The Hall–Kier alpha value is -1.08. The summed E-state index contributed by atoms with van der Waals surface area (Å²) in [5, 5.41) is 0.743. The SMILES string of the molecule is C[C@@]12CCCC[C@@H]1CC[C@H]1[C@H]2CC[C@]2(C)C(=O)/C(=C/c3cccc(Cl)c3)C[C@H]12. The molecular formula is C26H33ClO. The highest BCUT2D eigenvalue weighted by Gasteiger charge is 2.60. The molecule has 0 spiro atoms. The van der Waals surface area contributed by atoms with Crippen molar-refractivity contribution in [3.8, 4) is 0 Å². The molecule has 4 aliphatic rings. The monoisotopic (exact) mass is 396 g/mol. The molecule has 0 radical (unpaired) electrons. The van der Waals surface area contributed by atoms with Gasteiger partial charge in [-0.05, 0) is 103 Å². The van der Waals surface area contributed by atoms with E-state index in [0.717, 1.165) is 46.8 Å². The standard InChI is InChI=1S/C26H33ClO/c1-25-12-4-3-7-19(25)9-10-21-22(25)11-13-26(2)23(21)16-18(24(26)28)14-17-6-5-8-20(27)15-17/h5-6,8,14-15,19,21-23H,3-4,7,9-13,16H2,1-2H3/b18-14+/t19-,21+,22-,23-,25-,26+/m1/s1. The van der Waals surface area contributed by atoms with Crippen LogP contribution in [0.3, 0.4) is 0 Å². The molecular weight excluding hydrogens is 364 g/mol. The van der Waals surface area contributed by atoms with E-state index in [9.17, 15) is 4.79 Å². The zero-order valence-corrected chi connectivity index (χ0v) is 18.1. The summed E-state index contributed by atoms with van der Waals surface area (Å²) in [7, 11) is 0. The third-order valence-corrected chi connectivity index (χ3v) is 9.65. The number of carbonyl (C=O) groups is 1. The van der Waals surface area contributed by atoms with Gasteiger partial charge in [0.15, 0.2) is 5.78 Å². The number of hydrogen-bond acceptors (Lipinski definition) is 1. The van der Waals surface area contributed by atoms with Crippen molar-refractivity contribution in [2.45, 2.75) is 71.6 Å². The van der Waals surface area contributed by atoms with Gasteiger partial charge in [-0.15, -0.1) is 0 Å². The van der Waals surface area contributed by atoms with Crippen molar-refractivity contribution in [2.24, 2.45) is 34.5 Å². The fourth-order valence-corrected chi connectivity index (χ4v) is 8.09. The molecule has 0 N–H and O–H groups in total. The van der Waals surface area contributed by atoms with Gasteiger partial charge >= 0.3 is 0 Å². The Balaban J connectivity index is 1.46. The van der Waals surface area contributed by atoms with E-state index in [0.29, 0.717) is 17.1 Å². The third kappa shape index (κ3) is 2.76. The maximum Gasteiger partial charge on any atom is 0.165 e. The highest BCUT2D eigenvalue weighted by atomic mass is 35.5. The van der Waals surface area contributed by atoms with E-state index in [1.807, 2.05) is 18.2 Å². The first kappa shape index (κ1) is 18.9. The normalized spacial score (nSPS) is 44.1. The summed E-state index contributed by atoms with van der Waals surface area (Å²) in [4.78, 5) is 13.5. The molecule has 4 aliphatic carbocycles. The van der Waals surface area contributed by atoms with E-state index < -0.39 is 0 Å². The number of fused-ring (bicyclic) bond motifs is 5. The molecule has 1 aromatic carbocycles. The summed E-state index contributed by atoms with van der Waals surface area (Å²) in [5.41, 5.74) is 2.51. The quantitative estimate of drug-likeness (QED) is 0.454. The molecule has 28 heavy (non-hydrogen) atoms. The Morgan fingerprint density at radius 3 is 2.71 bits per heavy atom. The lowest BCUT2D eigenvalue weighted by Gasteiger charge is -2.59. The number of ketones is 1. The number of Topliss-reactive ketones (excluding diaryl/α,β-unsaturated/α-hetero) is 1. The summed E-state index contributed by atoms with van der Waals surface area (Å²) in [6.45, 7) is 4.89. The van der Waals surface area contributed by atoms with Crippen molar-refractivity contribution >= 4 is 23.5 Å². The molecule has 0 bridgehead atoms. The van der Waals surface area contributed by atoms with Crippen molar-refractivity contribution in [3.05, 3.63) is 40.4 Å². The Morgan fingerprint density at radius 2 is 1.89 bits per heavy atom. The summed E-state index contributed by atoms with van der Waals surface area (Å²) < 4.78 is 0. The van der Waals surface area contributed by atoms with E-state index in [-0.39, 0.29) is 5.41 Å². The lowest BCUT2D eigenvalue weighted by molar-refractivity contribution is -0.137. The number of halogens is 1. The number of carbonyl (C=O) groups excluding carboxylic acids is 1. The van der Waals surface area contributed by atoms with Crippen LogP contribution in [-0.4, -0.2) is 5.78 Å². The molecule has 0 amide bonds. The van der Waals surface area contributed by atoms with Crippen molar-refractivity contribution < 1.29 is 4.79 Å². The van der Waals surface area contributed by atoms with Crippen LogP contribution in [0.4, 0.5) is 0 Å². The first-order valence-corrected chi connectivity index (χ1v) is 11.8. The molecule has 4 saturated carbocycles. The predicted molar refractivity (Wildman–Crippen MR) is 116 cm³/mol. The number of allylic oxidation sites excluding steroid dienone is 1. The van der Waals surface area contributed by atoms with Gasteiger partial charge in [0.2, 0.25) is 0 Å². The molecule has 4 fully saturated rings. The van der Waals surface area contributed by atoms with Gasteiger partial charge in [0, 0.05) is 10.4 Å². The summed E-state index contributed by atoms with van der Waals surface area (Å²) in [6, 6.07) is 7.91. The van der Waals surface area contributed by atoms with Gasteiger partial charge in [-0.1, -0.05) is 50.4 Å². The summed E-state index contributed by atoms with van der Waals surface area (Å²) >= 11 is 6.17. The van der Waals surface area contributed by atoms with E-state index in [2.05, 4.69) is 26.0 Å². The van der Waals surface area contributed by atoms with Crippen LogP contribution in [0, 0.1) is 34.5 Å². The van der Waals surface area contributed by atoms with E-state index >= 15 is 0 Å². The zero-order chi connectivity index (χ0) is 19.5. The Kier molecular flexibility index (Phi) is 4.54. The maximum absolute atomic E-state index is 13.5. The largest absolute Gasteiger partial charge is 0.294 e.